The van der Waals surface area contributed by atoms with E-state index >= 15 is 0 Å². The number of amidine groups is 2. The van der Waals surface area contributed by atoms with Crippen molar-refractivity contribution in [2.24, 2.45) is 9.98 Å². The Bertz CT molecular complexity index is 1010. The van der Waals surface area contributed by atoms with Crippen LogP contribution in [-0.4, -0.2) is 24.4 Å². The zero-order chi connectivity index (χ0) is 21.0. The molecule has 0 saturated heterocycles. The monoisotopic (exact) mass is 401 g/mol. The fourth-order valence-electron chi connectivity index (χ4n) is 2.57. The van der Waals surface area contributed by atoms with Crippen molar-refractivity contribution in [1.29, 1.82) is 5.41 Å². The van der Waals surface area contributed by atoms with Crippen molar-refractivity contribution in [3.8, 4) is 5.75 Å². The molecule has 3 N–H and O–H groups in total. The van der Waals surface area contributed by atoms with Gasteiger partial charge in [0.05, 0.1) is 5.57 Å². The molecule has 1 heterocycles. The Kier molecular flexibility index (Phi) is 5.67. The third-order valence-electron chi connectivity index (χ3n) is 4.21. The summed E-state index contributed by atoms with van der Waals surface area (Å²) >= 11 is 0. The molecule has 2 aromatic carbocycles. The lowest BCUT2D eigenvalue weighted by Gasteiger charge is -2.16. The van der Waals surface area contributed by atoms with E-state index < -0.39 is 6.36 Å². The van der Waals surface area contributed by atoms with Crippen LogP contribution in [0.25, 0.3) is 0 Å². The van der Waals surface area contributed by atoms with Crippen LogP contribution in [0.4, 0.5) is 24.5 Å². The Labute approximate surface area is 165 Å². The van der Waals surface area contributed by atoms with Gasteiger partial charge in [-0.2, -0.15) is 0 Å². The van der Waals surface area contributed by atoms with E-state index in [0.29, 0.717) is 17.1 Å². The molecule has 1 aliphatic rings. The minimum Gasteiger partial charge on any atom is -0.406 e. The molecule has 0 bridgehead atoms. The van der Waals surface area contributed by atoms with E-state index in [1.807, 2.05) is 32.0 Å². The van der Waals surface area contributed by atoms with E-state index in [9.17, 15) is 13.2 Å². The second-order valence-electron chi connectivity index (χ2n) is 6.22. The maximum absolute atomic E-state index is 12.3. The van der Waals surface area contributed by atoms with Gasteiger partial charge in [-0.05, 0) is 55.3 Å². The van der Waals surface area contributed by atoms with E-state index in [0.717, 1.165) is 16.8 Å². The van der Waals surface area contributed by atoms with Crippen LogP contribution in [0.5, 0.6) is 5.75 Å². The van der Waals surface area contributed by atoms with Gasteiger partial charge < -0.3 is 15.4 Å². The SMILES string of the molecule is Cc1cccc(N/C=C2\C(=N)N=CN=C2Nc2ccc(OC(F)(F)F)cc2)c1C. The molecule has 6 nitrogen and oxygen atoms in total. The highest BCUT2D eigenvalue weighted by atomic mass is 19.4. The van der Waals surface area contributed by atoms with Gasteiger partial charge >= 0.3 is 6.36 Å². The summed E-state index contributed by atoms with van der Waals surface area (Å²) < 4.78 is 40.7. The van der Waals surface area contributed by atoms with E-state index in [-0.39, 0.29) is 11.6 Å². The third kappa shape index (κ3) is 5.22. The van der Waals surface area contributed by atoms with Crippen LogP contribution in [0.3, 0.4) is 0 Å². The first kappa shape index (κ1) is 20.1. The van der Waals surface area contributed by atoms with Gasteiger partial charge in [-0.1, -0.05) is 12.1 Å². The van der Waals surface area contributed by atoms with Crippen LogP contribution in [-0.2, 0) is 0 Å². The molecule has 0 unspecified atom stereocenters. The third-order valence-corrected chi connectivity index (χ3v) is 4.21. The average molecular weight is 401 g/mol. The molecule has 0 radical (unpaired) electrons. The second-order valence-corrected chi connectivity index (χ2v) is 6.22. The molecule has 29 heavy (non-hydrogen) atoms. The number of nitrogens with one attached hydrogen (secondary N) is 3. The fraction of sp³-hybridized carbons (Fsp3) is 0.150. The topological polar surface area (TPSA) is 81.9 Å². The first-order valence-electron chi connectivity index (χ1n) is 8.58. The largest absolute Gasteiger partial charge is 0.573 e. The highest BCUT2D eigenvalue weighted by Gasteiger charge is 2.31. The number of ether oxygens (including phenoxy) is 1. The Balaban J connectivity index is 1.78. The number of aryl methyl sites for hydroxylation is 1. The van der Waals surface area contributed by atoms with Gasteiger partial charge in [-0.3, -0.25) is 5.41 Å². The minimum absolute atomic E-state index is 0.00247. The normalized spacial score (nSPS) is 15.3. The molecule has 150 valence electrons. The van der Waals surface area contributed by atoms with Crippen LogP contribution in [0, 0.1) is 19.3 Å². The van der Waals surface area contributed by atoms with Crippen LogP contribution >= 0.6 is 0 Å². The first-order valence-corrected chi connectivity index (χ1v) is 8.58. The lowest BCUT2D eigenvalue weighted by atomic mass is 10.1. The number of benzene rings is 2. The van der Waals surface area contributed by atoms with Gasteiger partial charge in [0.2, 0.25) is 0 Å². The Hall–Kier alpha value is -3.62. The van der Waals surface area contributed by atoms with Gasteiger partial charge in [-0.15, -0.1) is 13.2 Å². The molecule has 0 spiro atoms. The van der Waals surface area contributed by atoms with E-state index in [1.54, 1.807) is 6.20 Å². The molecule has 3 rings (SSSR count). The van der Waals surface area contributed by atoms with Crippen molar-refractivity contribution in [2.75, 3.05) is 10.6 Å². The van der Waals surface area contributed by atoms with E-state index in [4.69, 9.17) is 5.41 Å². The summed E-state index contributed by atoms with van der Waals surface area (Å²) in [4.78, 5) is 8.03. The summed E-state index contributed by atoms with van der Waals surface area (Å²) in [5.74, 6) is 0.0138. The summed E-state index contributed by atoms with van der Waals surface area (Å²) in [5, 5.41) is 14.2. The van der Waals surface area contributed by atoms with Gasteiger partial charge in [0.1, 0.15) is 17.9 Å². The van der Waals surface area contributed by atoms with Crippen LogP contribution < -0.4 is 15.4 Å². The van der Waals surface area contributed by atoms with Gasteiger partial charge in [0, 0.05) is 17.6 Å². The highest BCUT2D eigenvalue weighted by molar-refractivity contribution is 6.30. The number of hydrogen-bond acceptors (Lipinski definition) is 5. The van der Waals surface area contributed by atoms with Crippen LogP contribution in [0.15, 0.2) is 64.2 Å². The summed E-state index contributed by atoms with van der Waals surface area (Å²) in [6.07, 6.45) is -1.89. The molecule has 2 aromatic rings. The smallest absolute Gasteiger partial charge is 0.406 e. The zero-order valence-electron chi connectivity index (χ0n) is 15.6. The second kappa shape index (κ2) is 8.17. The molecule has 0 atom stereocenters. The van der Waals surface area contributed by atoms with Crippen molar-refractivity contribution in [1.82, 2.24) is 0 Å². The molecule has 1 aliphatic heterocycles. The van der Waals surface area contributed by atoms with Crippen molar-refractivity contribution in [2.45, 2.75) is 20.2 Å². The predicted octanol–water partition coefficient (Wildman–Crippen LogP) is 5.03. The zero-order valence-corrected chi connectivity index (χ0v) is 15.6. The number of nitrogens with zero attached hydrogens (tertiary/aromatic N) is 2. The summed E-state index contributed by atoms with van der Waals surface area (Å²) in [6.45, 7) is 3.99. The van der Waals surface area contributed by atoms with E-state index in [1.165, 1.54) is 30.6 Å². The summed E-state index contributed by atoms with van der Waals surface area (Å²) in [5.41, 5.74) is 3.97. The first-order chi connectivity index (χ1) is 13.7. The number of alkyl halides is 3. The maximum atomic E-state index is 12.3. The lowest BCUT2D eigenvalue weighted by molar-refractivity contribution is -0.274. The Morgan fingerprint density at radius 2 is 1.79 bits per heavy atom. The minimum atomic E-state index is -4.75. The lowest BCUT2D eigenvalue weighted by Crippen LogP contribution is -2.23. The molecule has 9 heteroatoms. The van der Waals surface area contributed by atoms with Crippen LogP contribution in [0.1, 0.15) is 11.1 Å². The van der Waals surface area contributed by atoms with Crippen molar-refractivity contribution >= 4 is 29.4 Å². The average Bonchev–Trinajstić information content (AvgIpc) is 2.65. The van der Waals surface area contributed by atoms with Crippen LogP contribution in [0.2, 0.25) is 0 Å². The molecular weight excluding hydrogens is 383 g/mol. The number of halogens is 3. The molecule has 0 amide bonds. The maximum Gasteiger partial charge on any atom is 0.573 e. The molecule has 0 saturated carbocycles. The fourth-order valence-corrected chi connectivity index (χ4v) is 2.57. The molecule has 0 fully saturated rings. The number of hydrogen-bond donors (Lipinski definition) is 3. The standard InChI is InChI=1S/C20H18F3N5O/c1-12-4-3-5-17(13(12)2)25-10-16-18(24)26-11-27-19(16)28-14-6-8-15(9-7-14)29-20(21,22)23/h3-11,25H,1-2H3,(H2,24,26,27,28)/b16-10+. The number of anilines is 2. The summed E-state index contributed by atoms with van der Waals surface area (Å²) in [7, 11) is 0. The quantitative estimate of drug-likeness (QED) is 0.672. The molecule has 0 aliphatic carbocycles. The molecular formula is C20H18F3N5O. The van der Waals surface area contributed by atoms with Crippen molar-refractivity contribution < 1.29 is 17.9 Å². The Morgan fingerprint density at radius 3 is 2.48 bits per heavy atom. The summed E-state index contributed by atoms with van der Waals surface area (Å²) in [6, 6.07) is 11.1. The molecule has 0 aromatic heterocycles. The van der Waals surface area contributed by atoms with Gasteiger partial charge in [0.15, 0.2) is 5.84 Å². The Morgan fingerprint density at radius 1 is 1.07 bits per heavy atom. The number of rotatable bonds is 4. The van der Waals surface area contributed by atoms with Crippen molar-refractivity contribution in [3.63, 3.8) is 0 Å². The van der Waals surface area contributed by atoms with E-state index in [2.05, 4.69) is 25.4 Å². The number of aliphatic imine (C=N–C) groups is 2. The highest BCUT2D eigenvalue weighted by Crippen LogP contribution is 2.24. The van der Waals surface area contributed by atoms with Gasteiger partial charge in [-0.25, -0.2) is 9.98 Å². The predicted molar refractivity (Wildman–Crippen MR) is 108 cm³/mol. The van der Waals surface area contributed by atoms with Crippen molar-refractivity contribution in [3.05, 3.63) is 65.4 Å². The van der Waals surface area contributed by atoms with Gasteiger partial charge in [0.25, 0.3) is 0 Å².